The number of phosphoric ester groups is 1. The summed E-state index contributed by atoms with van der Waals surface area (Å²) >= 11 is 0. The third-order valence-electron chi connectivity index (χ3n) is 3.91. The van der Waals surface area contributed by atoms with Gasteiger partial charge in [0.2, 0.25) is 0 Å². The van der Waals surface area contributed by atoms with Gasteiger partial charge in [-0.3, -0.25) is 18.4 Å². The van der Waals surface area contributed by atoms with Crippen molar-refractivity contribution >= 4 is 13.8 Å². The molecule has 0 aliphatic rings. The van der Waals surface area contributed by atoms with Gasteiger partial charge in [0.15, 0.2) is 0 Å². The maximum absolute atomic E-state index is 13.1. The molecular weight excluding hydrogens is 403 g/mol. The molecule has 0 aliphatic heterocycles. The van der Waals surface area contributed by atoms with Crippen LogP contribution in [-0.4, -0.2) is 18.2 Å². The smallest absolute Gasteiger partial charge is 0.460 e. The number of hydrogen-bond acceptors (Lipinski definition) is 6. The molecule has 0 saturated heterocycles. The summed E-state index contributed by atoms with van der Waals surface area (Å²) in [6.07, 6.45) is 1.37. The van der Waals surface area contributed by atoms with E-state index in [1.807, 2.05) is 81.4 Å². The standard InChI is InChI=1S/C23H31O6P/c1-23(2,3)29-22(24)16-10-11-17-26-30(25,27-18-20-12-6-4-7-13-20)28-19-21-14-8-5-9-15-21/h4-9,12-15H,10-11,16-19H2,1-3H3. The van der Waals surface area contributed by atoms with Crippen molar-refractivity contribution in [3.8, 4) is 0 Å². The van der Waals surface area contributed by atoms with E-state index in [0.717, 1.165) is 11.1 Å². The molecule has 0 fully saturated rings. The van der Waals surface area contributed by atoms with Gasteiger partial charge in [-0.1, -0.05) is 60.7 Å². The van der Waals surface area contributed by atoms with E-state index in [4.69, 9.17) is 18.3 Å². The molecule has 6 nitrogen and oxygen atoms in total. The SMILES string of the molecule is CC(C)(C)OC(=O)CCCCOP(=O)(OCc1ccccc1)OCc1ccccc1. The average Bonchev–Trinajstić information content (AvgIpc) is 2.71. The molecule has 2 rings (SSSR count). The first kappa shape index (κ1) is 24.3. The summed E-state index contributed by atoms with van der Waals surface area (Å²) in [4.78, 5) is 11.8. The van der Waals surface area contributed by atoms with Crippen molar-refractivity contribution in [2.24, 2.45) is 0 Å². The summed E-state index contributed by atoms with van der Waals surface area (Å²) in [6.45, 7) is 5.88. The Bertz CT molecular complexity index is 754. The van der Waals surface area contributed by atoms with Gasteiger partial charge in [-0.2, -0.15) is 0 Å². The van der Waals surface area contributed by atoms with Gasteiger partial charge in [-0.05, 0) is 44.7 Å². The van der Waals surface area contributed by atoms with Crippen molar-refractivity contribution in [1.82, 2.24) is 0 Å². The van der Waals surface area contributed by atoms with E-state index in [2.05, 4.69) is 0 Å². The van der Waals surface area contributed by atoms with Crippen LogP contribution in [0.3, 0.4) is 0 Å². The van der Waals surface area contributed by atoms with Crippen molar-refractivity contribution in [1.29, 1.82) is 0 Å². The van der Waals surface area contributed by atoms with Crippen LogP contribution < -0.4 is 0 Å². The second kappa shape index (κ2) is 12.0. The third-order valence-corrected chi connectivity index (χ3v) is 5.30. The van der Waals surface area contributed by atoms with Crippen molar-refractivity contribution in [3.63, 3.8) is 0 Å². The molecule has 0 bridgehead atoms. The van der Waals surface area contributed by atoms with E-state index >= 15 is 0 Å². The molecule has 0 spiro atoms. The number of benzene rings is 2. The van der Waals surface area contributed by atoms with Crippen molar-refractivity contribution in [3.05, 3.63) is 71.8 Å². The molecule has 164 valence electrons. The fourth-order valence-corrected chi connectivity index (χ4v) is 3.70. The highest BCUT2D eigenvalue weighted by atomic mass is 31.2. The Morgan fingerprint density at radius 1 is 0.800 bits per heavy atom. The summed E-state index contributed by atoms with van der Waals surface area (Å²) in [7, 11) is -3.76. The minimum absolute atomic E-state index is 0.116. The van der Waals surface area contributed by atoms with Gasteiger partial charge in [0, 0.05) is 6.42 Å². The molecule has 2 aromatic rings. The molecule has 0 aromatic heterocycles. The summed E-state index contributed by atoms with van der Waals surface area (Å²) in [5, 5.41) is 0. The molecule has 0 atom stereocenters. The summed E-state index contributed by atoms with van der Waals surface area (Å²) in [6, 6.07) is 18.8. The molecule has 0 heterocycles. The van der Waals surface area contributed by atoms with E-state index in [0.29, 0.717) is 12.8 Å². The number of ether oxygens (including phenoxy) is 1. The van der Waals surface area contributed by atoms with Gasteiger partial charge in [-0.15, -0.1) is 0 Å². The van der Waals surface area contributed by atoms with Crippen molar-refractivity contribution < 1.29 is 27.7 Å². The van der Waals surface area contributed by atoms with Gasteiger partial charge < -0.3 is 4.74 Å². The third kappa shape index (κ3) is 10.2. The van der Waals surface area contributed by atoms with Crippen LogP contribution in [0.4, 0.5) is 0 Å². The Kier molecular flexibility index (Phi) is 9.73. The first-order valence-corrected chi connectivity index (χ1v) is 11.6. The Labute approximate surface area is 179 Å². The zero-order valence-corrected chi connectivity index (χ0v) is 18.8. The molecule has 0 amide bonds. The van der Waals surface area contributed by atoms with Crippen LogP contribution in [0.15, 0.2) is 60.7 Å². The zero-order valence-electron chi connectivity index (χ0n) is 17.9. The Morgan fingerprint density at radius 3 is 1.77 bits per heavy atom. The minimum atomic E-state index is -3.76. The second-order valence-corrected chi connectivity index (χ2v) is 9.51. The quantitative estimate of drug-likeness (QED) is 0.230. The maximum Gasteiger partial charge on any atom is 0.475 e. The van der Waals surface area contributed by atoms with Crippen LogP contribution in [0.25, 0.3) is 0 Å². The Hall–Kier alpha value is -1.98. The monoisotopic (exact) mass is 434 g/mol. The van der Waals surface area contributed by atoms with Crippen LogP contribution >= 0.6 is 7.82 Å². The molecule has 2 aromatic carbocycles. The first-order valence-electron chi connectivity index (χ1n) is 10.1. The fraction of sp³-hybridized carbons (Fsp3) is 0.435. The van der Waals surface area contributed by atoms with Gasteiger partial charge in [0.25, 0.3) is 0 Å². The predicted octanol–water partition coefficient (Wildman–Crippen LogP) is 6.06. The highest BCUT2D eigenvalue weighted by Gasteiger charge is 2.27. The number of phosphoric acid groups is 1. The summed E-state index contributed by atoms with van der Waals surface area (Å²) < 4.78 is 35.0. The van der Waals surface area contributed by atoms with Crippen LogP contribution in [0.2, 0.25) is 0 Å². The highest BCUT2D eigenvalue weighted by Crippen LogP contribution is 2.51. The van der Waals surface area contributed by atoms with Crippen molar-refractivity contribution in [2.75, 3.05) is 6.61 Å². The Balaban J connectivity index is 1.84. The number of unbranched alkanes of at least 4 members (excludes halogenated alkanes) is 1. The van der Waals surface area contributed by atoms with E-state index < -0.39 is 13.4 Å². The van der Waals surface area contributed by atoms with Crippen LogP contribution in [0.1, 0.15) is 51.2 Å². The van der Waals surface area contributed by atoms with E-state index in [1.165, 1.54) is 0 Å². The second-order valence-electron chi connectivity index (χ2n) is 7.84. The lowest BCUT2D eigenvalue weighted by atomic mass is 10.2. The van der Waals surface area contributed by atoms with E-state index in [9.17, 15) is 9.36 Å². The summed E-state index contributed by atoms with van der Waals surface area (Å²) in [5.41, 5.74) is 1.24. The van der Waals surface area contributed by atoms with Crippen molar-refractivity contribution in [2.45, 2.75) is 58.8 Å². The molecule has 30 heavy (non-hydrogen) atoms. The lowest BCUT2D eigenvalue weighted by Crippen LogP contribution is -2.23. The van der Waals surface area contributed by atoms with Gasteiger partial charge in [0.05, 0.1) is 19.8 Å². The average molecular weight is 434 g/mol. The topological polar surface area (TPSA) is 71.1 Å². The lowest BCUT2D eigenvalue weighted by Gasteiger charge is -2.20. The Morgan fingerprint density at radius 2 is 1.30 bits per heavy atom. The fourth-order valence-electron chi connectivity index (χ4n) is 2.51. The first-order chi connectivity index (χ1) is 14.3. The number of hydrogen-bond donors (Lipinski definition) is 0. The molecule has 7 heteroatoms. The molecule has 0 unspecified atom stereocenters. The highest BCUT2D eigenvalue weighted by molar-refractivity contribution is 7.48. The molecule has 0 N–H and O–H groups in total. The summed E-state index contributed by atoms with van der Waals surface area (Å²) in [5.74, 6) is -0.258. The molecule has 0 saturated carbocycles. The molecule has 0 aliphatic carbocycles. The van der Waals surface area contributed by atoms with Gasteiger partial charge in [-0.25, -0.2) is 4.57 Å². The molecular formula is C23H31O6P. The predicted molar refractivity (Wildman–Crippen MR) is 116 cm³/mol. The van der Waals surface area contributed by atoms with E-state index in [1.54, 1.807) is 0 Å². The largest absolute Gasteiger partial charge is 0.475 e. The zero-order chi connectivity index (χ0) is 21.9. The normalized spacial score (nSPS) is 12.0. The van der Waals surface area contributed by atoms with Gasteiger partial charge >= 0.3 is 13.8 Å². The van der Waals surface area contributed by atoms with Crippen LogP contribution in [0.5, 0.6) is 0 Å². The minimum Gasteiger partial charge on any atom is -0.460 e. The maximum atomic E-state index is 13.1. The number of esters is 1. The van der Waals surface area contributed by atoms with E-state index in [-0.39, 0.29) is 32.2 Å². The van der Waals surface area contributed by atoms with Crippen LogP contribution in [-0.2, 0) is 40.9 Å². The van der Waals surface area contributed by atoms with Crippen LogP contribution in [0, 0.1) is 0 Å². The lowest BCUT2D eigenvalue weighted by molar-refractivity contribution is -0.154. The number of carbonyl (C=O) groups excluding carboxylic acids is 1. The van der Waals surface area contributed by atoms with Gasteiger partial charge in [0.1, 0.15) is 5.60 Å². The number of carbonyl (C=O) groups is 1. The number of rotatable bonds is 12. The molecule has 0 radical (unpaired) electrons.